The van der Waals surface area contributed by atoms with Crippen molar-refractivity contribution in [3.63, 3.8) is 0 Å². The highest BCUT2D eigenvalue weighted by molar-refractivity contribution is 5.85. The molecule has 3 rings (SSSR count). The van der Waals surface area contributed by atoms with E-state index in [4.69, 9.17) is 4.98 Å². The maximum absolute atomic E-state index is 4.71. The molecule has 0 fully saturated rings. The lowest BCUT2D eigenvalue weighted by Gasteiger charge is -2.36. The molecule has 1 aromatic carbocycles. The number of aromatic nitrogens is 5. The van der Waals surface area contributed by atoms with E-state index >= 15 is 0 Å². The third-order valence-electron chi connectivity index (χ3n) is 5.17. The summed E-state index contributed by atoms with van der Waals surface area (Å²) in [6, 6.07) is 17.3. The highest BCUT2D eigenvalue weighted by Crippen LogP contribution is 2.39. The van der Waals surface area contributed by atoms with Crippen LogP contribution in [0.4, 0.5) is 0 Å². The van der Waals surface area contributed by atoms with Gasteiger partial charge in [-0.1, -0.05) is 41.6 Å². The van der Waals surface area contributed by atoms with Gasteiger partial charge in [-0.15, -0.1) is 22.6 Å². The first kappa shape index (κ1) is 22.0. The number of hydrogen-bond acceptors (Lipinski definition) is 5. The highest BCUT2D eigenvalue weighted by atomic mass is 35.5. The number of tetrazole rings is 1. The van der Waals surface area contributed by atoms with Gasteiger partial charge in [0.1, 0.15) is 5.41 Å². The first-order valence-corrected chi connectivity index (χ1v) is 9.52. The summed E-state index contributed by atoms with van der Waals surface area (Å²) in [4.78, 5) is 7.20. The summed E-state index contributed by atoms with van der Waals surface area (Å²) in [7, 11) is 0. The maximum Gasteiger partial charge on any atom is 0.191 e. The van der Waals surface area contributed by atoms with Crippen LogP contribution in [0.2, 0.25) is 0 Å². The molecule has 0 amide bonds. The Morgan fingerprint density at radius 1 is 0.964 bits per heavy atom. The van der Waals surface area contributed by atoms with Crippen molar-refractivity contribution in [2.24, 2.45) is 0 Å². The summed E-state index contributed by atoms with van der Waals surface area (Å²) >= 11 is 0. The van der Waals surface area contributed by atoms with Gasteiger partial charge in [-0.3, -0.25) is 9.88 Å². The number of nitrogens with one attached hydrogen (secondary N) is 1. The summed E-state index contributed by atoms with van der Waals surface area (Å²) in [5.41, 5.74) is 1.50. The second kappa shape index (κ2) is 9.75. The zero-order valence-corrected chi connectivity index (χ0v) is 17.7. The van der Waals surface area contributed by atoms with Crippen LogP contribution in [-0.4, -0.2) is 49.1 Å². The molecule has 0 saturated carbocycles. The van der Waals surface area contributed by atoms with Gasteiger partial charge in [-0.25, -0.2) is 0 Å². The Morgan fingerprint density at radius 3 is 2.18 bits per heavy atom. The number of H-pyrrole nitrogens is 1. The second-order valence-electron chi connectivity index (χ2n) is 7.40. The molecule has 2 aromatic heterocycles. The summed E-state index contributed by atoms with van der Waals surface area (Å²) in [5.74, 6) is 0.653. The first-order valence-electron chi connectivity index (χ1n) is 9.52. The third-order valence-corrected chi connectivity index (χ3v) is 5.17. The van der Waals surface area contributed by atoms with Crippen LogP contribution in [0.15, 0.2) is 54.7 Å². The molecule has 0 aliphatic rings. The fourth-order valence-electron chi connectivity index (χ4n) is 3.87. The smallest absolute Gasteiger partial charge is 0.191 e. The Hall–Kier alpha value is -2.31. The molecule has 1 N–H and O–H groups in total. The van der Waals surface area contributed by atoms with Gasteiger partial charge in [0, 0.05) is 24.8 Å². The Kier molecular flexibility index (Phi) is 7.66. The lowest BCUT2D eigenvalue weighted by atomic mass is 9.73. The van der Waals surface area contributed by atoms with Crippen LogP contribution >= 0.6 is 12.4 Å². The van der Waals surface area contributed by atoms with Crippen LogP contribution in [0.5, 0.6) is 0 Å². The Balaban J connectivity index is 0.00000280. The molecule has 6 nitrogen and oxygen atoms in total. The predicted octanol–water partition coefficient (Wildman–Crippen LogP) is 3.86. The molecule has 0 spiro atoms. The first-order chi connectivity index (χ1) is 13.1. The van der Waals surface area contributed by atoms with Crippen LogP contribution in [0.1, 0.15) is 51.2 Å². The number of hydrogen-bond donors (Lipinski definition) is 1. The van der Waals surface area contributed by atoms with Crippen molar-refractivity contribution in [2.45, 2.75) is 51.6 Å². The van der Waals surface area contributed by atoms with Crippen LogP contribution in [0.3, 0.4) is 0 Å². The molecular formula is C21H29ClN6. The number of pyridine rings is 1. The van der Waals surface area contributed by atoms with Crippen LogP contribution in [0, 0.1) is 0 Å². The minimum absolute atomic E-state index is 0. The maximum atomic E-state index is 4.71. The summed E-state index contributed by atoms with van der Waals surface area (Å²) in [5, 5.41) is 15.3. The molecule has 0 bridgehead atoms. The third kappa shape index (κ3) is 4.39. The molecule has 1 atom stereocenters. The Bertz CT molecular complexity index is 758. The number of benzene rings is 1. The van der Waals surface area contributed by atoms with Crippen molar-refractivity contribution in [3.8, 4) is 0 Å². The minimum Gasteiger partial charge on any atom is -0.298 e. The van der Waals surface area contributed by atoms with Crippen LogP contribution in [-0.2, 0) is 5.41 Å². The molecule has 28 heavy (non-hydrogen) atoms. The quantitative estimate of drug-likeness (QED) is 0.621. The second-order valence-corrected chi connectivity index (χ2v) is 7.40. The monoisotopic (exact) mass is 400 g/mol. The standard InChI is InChI=1S/C21H28N6.ClH/c1-16(2)27(17(3)4)15-13-21(20-23-25-26-24-20,18-10-6-5-7-11-18)19-12-8-9-14-22-19;/h5-12,14,16-17H,13,15H2,1-4H3,(H,23,24,25,26);1H. The van der Waals surface area contributed by atoms with Crippen molar-refractivity contribution in [3.05, 3.63) is 71.8 Å². The van der Waals surface area contributed by atoms with E-state index in [1.807, 2.05) is 24.4 Å². The average Bonchev–Trinajstić information content (AvgIpc) is 3.21. The van der Waals surface area contributed by atoms with Crippen molar-refractivity contribution in [2.75, 3.05) is 6.54 Å². The lowest BCUT2D eigenvalue weighted by molar-refractivity contribution is 0.163. The van der Waals surface area contributed by atoms with Gasteiger partial charge < -0.3 is 0 Å². The van der Waals surface area contributed by atoms with Crippen molar-refractivity contribution in [1.82, 2.24) is 30.5 Å². The van der Waals surface area contributed by atoms with E-state index in [9.17, 15) is 0 Å². The topological polar surface area (TPSA) is 70.6 Å². The molecule has 0 radical (unpaired) electrons. The zero-order valence-electron chi connectivity index (χ0n) is 16.9. The van der Waals surface area contributed by atoms with E-state index in [0.717, 1.165) is 24.2 Å². The molecule has 3 aromatic rings. The number of rotatable bonds is 8. The van der Waals surface area contributed by atoms with Gasteiger partial charge in [-0.05, 0) is 51.8 Å². The molecule has 150 valence electrons. The van der Waals surface area contributed by atoms with Crippen LogP contribution < -0.4 is 0 Å². The van der Waals surface area contributed by atoms with E-state index in [-0.39, 0.29) is 12.4 Å². The molecule has 0 saturated heterocycles. The largest absolute Gasteiger partial charge is 0.298 e. The molecular weight excluding hydrogens is 372 g/mol. The predicted molar refractivity (Wildman–Crippen MR) is 114 cm³/mol. The van der Waals surface area contributed by atoms with E-state index in [0.29, 0.717) is 17.9 Å². The fraction of sp³-hybridized carbons (Fsp3) is 0.429. The molecule has 7 heteroatoms. The fourth-order valence-corrected chi connectivity index (χ4v) is 3.87. The summed E-state index contributed by atoms with van der Waals surface area (Å²) < 4.78 is 0. The van der Waals surface area contributed by atoms with Crippen molar-refractivity contribution < 1.29 is 0 Å². The van der Waals surface area contributed by atoms with Gasteiger partial charge in [0.25, 0.3) is 0 Å². The SMILES string of the molecule is CC(C)N(CCC(c1ccccc1)(c1ccccn1)c1nn[nH]n1)C(C)C.Cl. The molecule has 1 unspecified atom stereocenters. The van der Waals surface area contributed by atoms with Crippen LogP contribution in [0.25, 0.3) is 0 Å². The zero-order chi connectivity index (χ0) is 19.3. The van der Waals surface area contributed by atoms with E-state index in [1.54, 1.807) is 0 Å². The van der Waals surface area contributed by atoms with Gasteiger partial charge in [0.05, 0.1) is 5.69 Å². The van der Waals surface area contributed by atoms with Gasteiger partial charge in [0.2, 0.25) is 0 Å². The lowest BCUT2D eigenvalue weighted by Crippen LogP contribution is -2.42. The number of nitrogens with zero attached hydrogens (tertiary/aromatic N) is 5. The van der Waals surface area contributed by atoms with Crippen molar-refractivity contribution in [1.29, 1.82) is 0 Å². The normalized spacial score (nSPS) is 13.5. The number of halogens is 1. The molecule has 0 aliphatic carbocycles. The Morgan fingerprint density at radius 2 is 1.64 bits per heavy atom. The number of aromatic amines is 1. The molecule has 2 heterocycles. The van der Waals surface area contributed by atoms with E-state index in [2.05, 4.69) is 83.6 Å². The summed E-state index contributed by atoms with van der Waals surface area (Å²) in [6.45, 7) is 9.84. The van der Waals surface area contributed by atoms with Crippen molar-refractivity contribution >= 4 is 12.4 Å². The summed E-state index contributed by atoms with van der Waals surface area (Å²) in [6.07, 6.45) is 2.64. The molecule has 0 aliphatic heterocycles. The Labute approximate surface area is 173 Å². The average molecular weight is 401 g/mol. The van der Waals surface area contributed by atoms with E-state index in [1.165, 1.54) is 0 Å². The van der Waals surface area contributed by atoms with Gasteiger partial charge in [-0.2, -0.15) is 5.21 Å². The van der Waals surface area contributed by atoms with Gasteiger partial charge >= 0.3 is 0 Å². The highest BCUT2D eigenvalue weighted by Gasteiger charge is 2.42. The van der Waals surface area contributed by atoms with E-state index < -0.39 is 5.41 Å². The van der Waals surface area contributed by atoms with Gasteiger partial charge in [0.15, 0.2) is 5.82 Å². The minimum atomic E-state index is -0.558.